The fraction of sp³-hybridized carbons (Fsp3) is 0.238. The average molecular weight is 497 g/mol. The number of carbonyl (C=O) groups is 2. The Balaban J connectivity index is 2.10. The van der Waals surface area contributed by atoms with Crippen LogP contribution in [0.4, 0.5) is 4.79 Å². The summed E-state index contributed by atoms with van der Waals surface area (Å²) in [6, 6.07) is 6.35. The highest BCUT2D eigenvalue weighted by molar-refractivity contribution is 7.91. The van der Waals surface area contributed by atoms with Gasteiger partial charge in [-0.25, -0.2) is 18.0 Å². The molecule has 2 aromatic rings. The van der Waals surface area contributed by atoms with E-state index in [1.165, 1.54) is 50.6 Å². The van der Waals surface area contributed by atoms with Gasteiger partial charge in [-0.3, -0.25) is 0 Å². The summed E-state index contributed by atoms with van der Waals surface area (Å²) in [6.07, 6.45) is 0. The standard InChI is InChI=1S/C21H21ClN2O8S/c1-30-16-7-5-12(9-13(16)22)33(28,29)10-14-18(20(26)32-3)19(24-21(27)23-14)11-4-6-15(25)17(8-11)31-2/h4-9,19,25H,10H2,1-3H3,(H2,23,24,27)/t19-/m0/s1. The number of phenolic OH excluding ortho intramolecular Hbond substituents is 1. The molecule has 3 N–H and O–H groups in total. The van der Waals surface area contributed by atoms with Crippen LogP contribution in [-0.2, 0) is 19.4 Å². The summed E-state index contributed by atoms with van der Waals surface area (Å²) in [4.78, 5) is 24.9. The van der Waals surface area contributed by atoms with Crippen LogP contribution in [0.3, 0.4) is 0 Å². The summed E-state index contributed by atoms with van der Waals surface area (Å²) in [6.45, 7) is 0. The lowest BCUT2D eigenvalue weighted by molar-refractivity contribution is -0.136. The predicted molar refractivity (Wildman–Crippen MR) is 118 cm³/mol. The summed E-state index contributed by atoms with van der Waals surface area (Å²) in [5, 5.41) is 14.9. The Morgan fingerprint density at radius 3 is 2.39 bits per heavy atom. The van der Waals surface area contributed by atoms with Crippen molar-refractivity contribution in [1.82, 2.24) is 10.6 Å². The van der Waals surface area contributed by atoms with Crippen molar-refractivity contribution >= 4 is 33.4 Å². The molecule has 1 heterocycles. The first-order valence-electron chi connectivity index (χ1n) is 9.43. The number of aromatic hydroxyl groups is 1. The molecule has 1 aliphatic heterocycles. The van der Waals surface area contributed by atoms with E-state index in [9.17, 15) is 23.1 Å². The van der Waals surface area contributed by atoms with Gasteiger partial charge in [-0.05, 0) is 35.9 Å². The number of nitrogens with one attached hydrogen (secondary N) is 2. The van der Waals surface area contributed by atoms with Gasteiger partial charge in [-0.15, -0.1) is 0 Å². The van der Waals surface area contributed by atoms with Crippen LogP contribution in [-0.4, -0.2) is 52.6 Å². The van der Waals surface area contributed by atoms with E-state index < -0.39 is 33.6 Å². The molecule has 1 aliphatic rings. The molecule has 0 aliphatic carbocycles. The molecule has 0 aromatic heterocycles. The zero-order valence-corrected chi connectivity index (χ0v) is 19.4. The third kappa shape index (κ3) is 4.99. The van der Waals surface area contributed by atoms with E-state index in [1.807, 2.05) is 0 Å². The van der Waals surface area contributed by atoms with Crippen molar-refractivity contribution in [3.8, 4) is 17.2 Å². The number of ether oxygens (including phenoxy) is 3. The number of amides is 2. The van der Waals surface area contributed by atoms with Gasteiger partial charge in [0.1, 0.15) is 5.75 Å². The molecule has 0 fully saturated rings. The van der Waals surface area contributed by atoms with Crippen LogP contribution in [0.2, 0.25) is 5.02 Å². The number of rotatable bonds is 7. The molecule has 2 aromatic carbocycles. The summed E-state index contributed by atoms with van der Waals surface area (Å²) < 4.78 is 41.2. The van der Waals surface area contributed by atoms with Gasteiger partial charge >= 0.3 is 12.0 Å². The first-order valence-corrected chi connectivity index (χ1v) is 11.5. The van der Waals surface area contributed by atoms with Crippen LogP contribution < -0.4 is 20.1 Å². The molecule has 33 heavy (non-hydrogen) atoms. The number of benzene rings is 2. The zero-order chi connectivity index (χ0) is 24.3. The third-order valence-corrected chi connectivity index (χ3v) is 6.85. The summed E-state index contributed by atoms with van der Waals surface area (Å²) in [5.74, 6) is -1.31. The quantitative estimate of drug-likeness (QED) is 0.496. The molecule has 176 valence electrons. The Kier molecular flexibility index (Phi) is 7.04. The van der Waals surface area contributed by atoms with E-state index in [4.69, 9.17) is 25.8 Å². The number of hydrogen-bond donors (Lipinski definition) is 3. The number of phenols is 1. The molecule has 2 amide bonds. The highest BCUT2D eigenvalue weighted by Crippen LogP contribution is 2.35. The number of esters is 1. The number of sulfone groups is 1. The van der Waals surface area contributed by atoms with Crippen LogP contribution >= 0.6 is 11.6 Å². The van der Waals surface area contributed by atoms with Crippen LogP contribution in [0.1, 0.15) is 11.6 Å². The van der Waals surface area contributed by atoms with Gasteiger partial charge in [0, 0.05) is 5.70 Å². The molecule has 0 bridgehead atoms. The van der Waals surface area contributed by atoms with Gasteiger partial charge in [0.2, 0.25) is 0 Å². The third-order valence-electron chi connectivity index (χ3n) is 4.91. The summed E-state index contributed by atoms with van der Waals surface area (Å²) >= 11 is 6.06. The SMILES string of the molecule is COC(=O)C1=C(CS(=O)(=O)c2ccc(OC)c(Cl)c2)NC(=O)N[C@H]1c1ccc(O)c(OC)c1. The van der Waals surface area contributed by atoms with Crippen molar-refractivity contribution in [3.05, 3.63) is 58.3 Å². The lowest BCUT2D eigenvalue weighted by Crippen LogP contribution is -2.47. The molecule has 0 unspecified atom stereocenters. The molecule has 0 radical (unpaired) electrons. The average Bonchev–Trinajstić information content (AvgIpc) is 2.78. The van der Waals surface area contributed by atoms with E-state index in [0.29, 0.717) is 11.3 Å². The summed E-state index contributed by atoms with van der Waals surface area (Å²) in [7, 11) is -0.172. The molecule has 0 saturated carbocycles. The van der Waals surface area contributed by atoms with Gasteiger partial charge < -0.3 is 30.0 Å². The molecular formula is C21H21ClN2O8S. The second-order valence-electron chi connectivity index (χ2n) is 6.90. The maximum Gasteiger partial charge on any atom is 0.338 e. The van der Waals surface area contributed by atoms with Crippen LogP contribution in [0.25, 0.3) is 0 Å². The Hall–Kier alpha value is -3.44. The molecule has 10 nitrogen and oxygen atoms in total. The largest absolute Gasteiger partial charge is 0.504 e. The number of urea groups is 1. The minimum atomic E-state index is -4.04. The number of carbonyl (C=O) groups excluding carboxylic acids is 2. The number of halogens is 1. The highest BCUT2D eigenvalue weighted by Gasteiger charge is 2.36. The normalized spacial score (nSPS) is 16.0. The van der Waals surface area contributed by atoms with Gasteiger partial charge in [-0.2, -0.15) is 0 Å². The molecule has 0 spiro atoms. The second kappa shape index (κ2) is 9.59. The Bertz CT molecular complexity index is 1240. The van der Waals surface area contributed by atoms with Crippen molar-refractivity contribution < 1.29 is 37.3 Å². The van der Waals surface area contributed by atoms with E-state index in [2.05, 4.69) is 10.6 Å². The minimum Gasteiger partial charge on any atom is -0.504 e. The number of hydrogen-bond acceptors (Lipinski definition) is 8. The molecule has 0 saturated heterocycles. The number of methoxy groups -OCH3 is 3. The fourth-order valence-electron chi connectivity index (χ4n) is 3.32. The minimum absolute atomic E-state index is 0.0872. The first kappa shape index (κ1) is 24.2. The van der Waals surface area contributed by atoms with Crippen molar-refractivity contribution in [2.24, 2.45) is 0 Å². The fourth-order valence-corrected chi connectivity index (χ4v) is 4.99. The van der Waals surface area contributed by atoms with Gasteiger partial charge in [-0.1, -0.05) is 17.7 Å². The van der Waals surface area contributed by atoms with Gasteiger partial charge in [0.15, 0.2) is 21.3 Å². The first-order chi connectivity index (χ1) is 15.6. The highest BCUT2D eigenvalue weighted by atomic mass is 35.5. The smallest absolute Gasteiger partial charge is 0.338 e. The zero-order valence-electron chi connectivity index (χ0n) is 17.8. The lowest BCUT2D eigenvalue weighted by Gasteiger charge is -2.29. The monoisotopic (exact) mass is 496 g/mol. The Labute approximate surface area is 195 Å². The maximum atomic E-state index is 13.1. The van der Waals surface area contributed by atoms with Crippen molar-refractivity contribution in [2.45, 2.75) is 10.9 Å². The summed E-state index contributed by atoms with van der Waals surface area (Å²) in [5.41, 5.74) is 0.0879. The van der Waals surface area contributed by atoms with Crippen molar-refractivity contribution in [3.63, 3.8) is 0 Å². The molecule has 12 heteroatoms. The Morgan fingerprint density at radius 2 is 1.79 bits per heavy atom. The molecule has 1 atom stereocenters. The Morgan fingerprint density at radius 1 is 1.09 bits per heavy atom. The van der Waals surface area contributed by atoms with E-state index in [-0.39, 0.29) is 32.7 Å². The van der Waals surface area contributed by atoms with Crippen molar-refractivity contribution in [2.75, 3.05) is 27.1 Å². The topological polar surface area (TPSA) is 140 Å². The van der Waals surface area contributed by atoms with Crippen molar-refractivity contribution in [1.29, 1.82) is 0 Å². The van der Waals surface area contributed by atoms with Gasteiger partial charge in [0.05, 0.1) is 48.6 Å². The van der Waals surface area contributed by atoms with E-state index in [0.717, 1.165) is 7.11 Å². The predicted octanol–water partition coefficient (Wildman–Crippen LogP) is 2.32. The van der Waals surface area contributed by atoms with Gasteiger partial charge in [0.25, 0.3) is 0 Å². The van der Waals surface area contributed by atoms with Crippen LogP contribution in [0, 0.1) is 0 Å². The molecular weight excluding hydrogens is 476 g/mol. The van der Waals surface area contributed by atoms with Crippen LogP contribution in [0.5, 0.6) is 17.2 Å². The van der Waals surface area contributed by atoms with Crippen LogP contribution in [0.15, 0.2) is 52.6 Å². The second-order valence-corrected chi connectivity index (χ2v) is 9.30. The maximum absolute atomic E-state index is 13.1. The van der Waals surface area contributed by atoms with E-state index in [1.54, 1.807) is 0 Å². The molecule has 3 rings (SSSR count). The lowest BCUT2D eigenvalue weighted by atomic mass is 9.95. The van der Waals surface area contributed by atoms with E-state index >= 15 is 0 Å².